The summed E-state index contributed by atoms with van der Waals surface area (Å²) in [5.41, 5.74) is 1.59. The molecule has 1 aliphatic heterocycles. The first-order chi connectivity index (χ1) is 8.80. The quantitative estimate of drug-likeness (QED) is 0.667. The van der Waals surface area contributed by atoms with Gasteiger partial charge in [0.2, 0.25) is 0 Å². The van der Waals surface area contributed by atoms with Gasteiger partial charge in [0.05, 0.1) is 12.2 Å². The smallest absolute Gasteiger partial charge is 0.0752 e. The molecule has 3 atom stereocenters. The summed E-state index contributed by atoms with van der Waals surface area (Å²) >= 11 is 0. The molecule has 1 spiro atoms. The van der Waals surface area contributed by atoms with Crippen molar-refractivity contribution in [3.05, 3.63) is 48.0 Å². The highest BCUT2D eigenvalue weighted by molar-refractivity contribution is 5.22. The van der Waals surface area contributed by atoms with Crippen LogP contribution in [0.4, 0.5) is 0 Å². The van der Waals surface area contributed by atoms with Crippen molar-refractivity contribution in [1.82, 2.24) is 0 Å². The molecule has 3 rings (SSSR count). The number of hydrogen-bond donors (Lipinski definition) is 0. The Bertz CT molecular complexity index is 422. The number of rotatable bonds is 1. The van der Waals surface area contributed by atoms with Gasteiger partial charge in [0.1, 0.15) is 0 Å². The van der Waals surface area contributed by atoms with Crippen molar-refractivity contribution in [3.63, 3.8) is 0 Å². The van der Waals surface area contributed by atoms with Crippen molar-refractivity contribution in [3.8, 4) is 0 Å². The molecule has 0 bridgehead atoms. The van der Waals surface area contributed by atoms with E-state index in [1.807, 2.05) is 0 Å². The van der Waals surface area contributed by atoms with Gasteiger partial charge in [-0.15, -0.1) is 0 Å². The van der Waals surface area contributed by atoms with Gasteiger partial charge in [-0.05, 0) is 37.2 Å². The minimum absolute atomic E-state index is 0.105. The SMILES string of the molecule is CC1C=CCO[C@]12CCC[C@H](c1ccccc1)C2. The van der Waals surface area contributed by atoms with Crippen LogP contribution in [0.15, 0.2) is 42.5 Å². The predicted octanol–water partition coefficient (Wildman–Crippen LogP) is 4.31. The van der Waals surface area contributed by atoms with E-state index in [-0.39, 0.29) is 5.60 Å². The topological polar surface area (TPSA) is 9.23 Å². The summed E-state index contributed by atoms with van der Waals surface area (Å²) in [4.78, 5) is 0. The molecule has 1 heteroatoms. The Kier molecular flexibility index (Phi) is 3.25. The van der Waals surface area contributed by atoms with Crippen LogP contribution in [0, 0.1) is 5.92 Å². The van der Waals surface area contributed by atoms with Gasteiger partial charge in [-0.25, -0.2) is 0 Å². The largest absolute Gasteiger partial charge is 0.370 e. The Morgan fingerprint density at radius 3 is 2.83 bits per heavy atom. The Labute approximate surface area is 110 Å². The fraction of sp³-hybridized carbons (Fsp3) is 0.529. The molecule has 1 nitrogen and oxygen atoms in total. The van der Waals surface area contributed by atoms with Crippen LogP contribution in [0.3, 0.4) is 0 Å². The number of hydrogen-bond acceptors (Lipinski definition) is 1. The van der Waals surface area contributed by atoms with Crippen LogP contribution in [0.1, 0.15) is 44.1 Å². The van der Waals surface area contributed by atoms with E-state index < -0.39 is 0 Å². The minimum Gasteiger partial charge on any atom is -0.370 e. The Balaban J connectivity index is 1.82. The van der Waals surface area contributed by atoms with Gasteiger partial charge in [0.15, 0.2) is 0 Å². The van der Waals surface area contributed by atoms with Gasteiger partial charge in [0, 0.05) is 5.92 Å². The fourth-order valence-electron chi connectivity index (χ4n) is 3.60. The van der Waals surface area contributed by atoms with Crippen LogP contribution in [-0.4, -0.2) is 12.2 Å². The first-order valence-electron chi connectivity index (χ1n) is 7.16. The van der Waals surface area contributed by atoms with Crippen molar-refractivity contribution < 1.29 is 4.74 Å². The molecule has 2 aliphatic rings. The second-order valence-electron chi connectivity index (χ2n) is 5.80. The summed E-state index contributed by atoms with van der Waals surface area (Å²) in [5.74, 6) is 1.23. The first-order valence-corrected chi connectivity index (χ1v) is 7.16. The zero-order chi connectivity index (χ0) is 12.4. The van der Waals surface area contributed by atoms with Crippen LogP contribution in [0.2, 0.25) is 0 Å². The molecule has 0 amide bonds. The van der Waals surface area contributed by atoms with E-state index in [2.05, 4.69) is 49.4 Å². The molecule has 18 heavy (non-hydrogen) atoms. The molecular weight excluding hydrogens is 220 g/mol. The molecule has 1 aromatic carbocycles. The zero-order valence-corrected chi connectivity index (χ0v) is 11.1. The zero-order valence-electron chi connectivity index (χ0n) is 11.1. The highest BCUT2D eigenvalue weighted by Crippen LogP contribution is 2.46. The maximum Gasteiger partial charge on any atom is 0.0752 e. The summed E-state index contributed by atoms with van der Waals surface area (Å²) in [6, 6.07) is 11.0. The Hall–Kier alpha value is -1.08. The number of benzene rings is 1. The van der Waals surface area contributed by atoms with E-state index in [1.165, 1.54) is 31.2 Å². The van der Waals surface area contributed by atoms with E-state index in [1.54, 1.807) is 0 Å². The molecule has 0 saturated heterocycles. The molecule has 1 aromatic rings. The molecule has 1 fully saturated rings. The molecule has 1 unspecified atom stereocenters. The summed E-state index contributed by atoms with van der Waals surface area (Å²) in [7, 11) is 0. The second kappa shape index (κ2) is 4.89. The molecule has 0 radical (unpaired) electrons. The van der Waals surface area contributed by atoms with Gasteiger partial charge in [-0.2, -0.15) is 0 Å². The Morgan fingerprint density at radius 2 is 2.06 bits per heavy atom. The fourth-order valence-corrected chi connectivity index (χ4v) is 3.60. The molecule has 1 heterocycles. The van der Waals surface area contributed by atoms with Gasteiger partial charge >= 0.3 is 0 Å². The predicted molar refractivity (Wildman–Crippen MR) is 74.6 cm³/mol. The third kappa shape index (κ3) is 2.12. The van der Waals surface area contributed by atoms with Crippen molar-refractivity contribution in [2.75, 3.05) is 6.61 Å². The van der Waals surface area contributed by atoms with E-state index in [0.717, 1.165) is 6.61 Å². The van der Waals surface area contributed by atoms with E-state index in [9.17, 15) is 0 Å². The van der Waals surface area contributed by atoms with E-state index >= 15 is 0 Å². The van der Waals surface area contributed by atoms with Gasteiger partial charge in [0.25, 0.3) is 0 Å². The lowest BCUT2D eigenvalue weighted by Gasteiger charge is -2.45. The third-order valence-electron chi connectivity index (χ3n) is 4.74. The first kappa shape index (κ1) is 12.0. The highest BCUT2D eigenvalue weighted by atomic mass is 16.5. The average molecular weight is 242 g/mol. The van der Waals surface area contributed by atoms with Crippen molar-refractivity contribution in [2.45, 2.75) is 44.1 Å². The second-order valence-corrected chi connectivity index (χ2v) is 5.80. The monoisotopic (exact) mass is 242 g/mol. The van der Waals surface area contributed by atoms with Gasteiger partial charge in [-0.1, -0.05) is 49.4 Å². The lowest BCUT2D eigenvalue weighted by molar-refractivity contribution is -0.0951. The maximum atomic E-state index is 6.18. The normalized spacial score (nSPS) is 35.8. The van der Waals surface area contributed by atoms with Crippen molar-refractivity contribution in [1.29, 1.82) is 0 Å². The average Bonchev–Trinajstić information content (AvgIpc) is 2.44. The molecule has 0 N–H and O–H groups in total. The van der Waals surface area contributed by atoms with Crippen LogP contribution in [0.25, 0.3) is 0 Å². The standard InChI is InChI=1S/C17H22O/c1-14-7-6-12-18-17(14)11-5-10-16(13-17)15-8-3-2-4-9-15/h2-4,6-9,14,16H,5,10-13H2,1H3/t14?,16-,17-/m0/s1. The lowest BCUT2D eigenvalue weighted by atomic mass is 9.69. The molecule has 96 valence electrons. The molecular formula is C17H22O. The van der Waals surface area contributed by atoms with Crippen LogP contribution >= 0.6 is 0 Å². The summed E-state index contributed by atoms with van der Waals surface area (Å²) in [6.07, 6.45) is 9.52. The van der Waals surface area contributed by atoms with Gasteiger partial charge in [-0.3, -0.25) is 0 Å². The van der Waals surface area contributed by atoms with E-state index in [4.69, 9.17) is 4.74 Å². The maximum absolute atomic E-state index is 6.18. The summed E-state index contributed by atoms with van der Waals surface area (Å²) in [5, 5.41) is 0. The van der Waals surface area contributed by atoms with Crippen LogP contribution < -0.4 is 0 Å². The van der Waals surface area contributed by atoms with Crippen LogP contribution in [0.5, 0.6) is 0 Å². The highest BCUT2D eigenvalue weighted by Gasteiger charge is 2.42. The van der Waals surface area contributed by atoms with E-state index in [0.29, 0.717) is 11.8 Å². The molecule has 1 aliphatic carbocycles. The van der Waals surface area contributed by atoms with Crippen LogP contribution in [-0.2, 0) is 4.74 Å². The van der Waals surface area contributed by atoms with Gasteiger partial charge < -0.3 is 4.74 Å². The Morgan fingerprint density at radius 1 is 1.22 bits per heavy atom. The summed E-state index contributed by atoms with van der Waals surface area (Å²) < 4.78 is 6.18. The minimum atomic E-state index is 0.105. The van der Waals surface area contributed by atoms with Crippen molar-refractivity contribution in [2.24, 2.45) is 5.92 Å². The van der Waals surface area contributed by atoms with Crippen molar-refractivity contribution >= 4 is 0 Å². The number of ether oxygens (including phenoxy) is 1. The molecule has 0 aromatic heterocycles. The summed E-state index contributed by atoms with van der Waals surface area (Å²) in [6.45, 7) is 3.11. The molecule has 1 saturated carbocycles. The third-order valence-corrected chi connectivity index (χ3v) is 4.74. The lowest BCUT2D eigenvalue weighted by Crippen LogP contribution is -2.44.